The number of benzene rings is 2. The highest BCUT2D eigenvalue weighted by Crippen LogP contribution is 2.33. The first kappa shape index (κ1) is 16.7. The van der Waals surface area contributed by atoms with Gasteiger partial charge in [0.2, 0.25) is 0 Å². The largest absolute Gasteiger partial charge is 0.481 e. The predicted octanol–water partition coefficient (Wildman–Crippen LogP) is 3.56. The summed E-state index contributed by atoms with van der Waals surface area (Å²) in [7, 11) is 0. The first-order valence-electron chi connectivity index (χ1n) is 8.38. The third kappa shape index (κ3) is 4.01. The van der Waals surface area contributed by atoms with Gasteiger partial charge in [0.25, 0.3) is 0 Å². The van der Waals surface area contributed by atoms with Gasteiger partial charge >= 0.3 is 5.97 Å². The van der Waals surface area contributed by atoms with Crippen molar-refractivity contribution in [3.05, 3.63) is 71.5 Å². The van der Waals surface area contributed by atoms with E-state index in [-0.39, 0.29) is 11.7 Å². The maximum absolute atomic E-state index is 13.2. The van der Waals surface area contributed by atoms with E-state index in [1.807, 2.05) is 18.2 Å². The lowest BCUT2D eigenvalue weighted by molar-refractivity contribution is -0.144. The number of rotatable bonds is 5. The average molecular weight is 327 g/mol. The van der Waals surface area contributed by atoms with Crippen LogP contribution in [0.2, 0.25) is 0 Å². The van der Waals surface area contributed by atoms with E-state index in [0.717, 1.165) is 25.1 Å². The molecule has 3 nitrogen and oxygen atoms in total. The fourth-order valence-electron chi connectivity index (χ4n) is 3.50. The Bertz CT molecular complexity index is 672. The molecule has 2 unspecified atom stereocenters. The van der Waals surface area contributed by atoms with Crippen molar-refractivity contribution in [1.82, 2.24) is 4.90 Å². The van der Waals surface area contributed by atoms with Crippen LogP contribution in [0.25, 0.3) is 0 Å². The van der Waals surface area contributed by atoms with Crippen LogP contribution < -0.4 is 0 Å². The minimum absolute atomic E-state index is 0.0902. The summed E-state index contributed by atoms with van der Waals surface area (Å²) in [6.45, 7) is 2.41. The number of halogens is 1. The SMILES string of the molecule is O=C(O)C1CCN(CCc2ccccc2)CC1c1ccc(F)cc1. The zero-order valence-corrected chi connectivity index (χ0v) is 13.6. The summed E-state index contributed by atoms with van der Waals surface area (Å²) in [4.78, 5) is 13.9. The zero-order valence-electron chi connectivity index (χ0n) is 13.6. The third-order valence-corrected chi connectivity index (χ3v) is 4.87. The maximum atomic E-state index is 13.2. The first-order chi connectivity index (χ1) is 11.6. The van der Waals surface area contributed by atoms with E-state index in [1.54, 1.807) is 12.1 Å². The number of carboxylic acids is 1. The smallest absolute Gasteiger partial charge is 0.307 e. The molecule has 1 fully saturated rings. The molecule has 0 saturated carbocycles. The standard InChI is InChI=1S/C20H22FNO2/c21-17-8-6-16(7-9-17)19-14-22(13-11-18(19)20(23)24)12-10-15-4-2-1-3-5-15/h1-9,18-19H,10-14H2,(H,23,24). The van der Waals surface area contributed by atoms with Crippen molar-refractivity contribution in [2.75, 3.05) is 19.6 Å². The molecule has 126 valence electrons. The number of aliphatic carboxylic acids is 1. The van der Waals surface area contributed by atoms with E-state index in [9.17, 15) is 14.3 Å². The highest BCUT2D eigenvalue weighted by molar-refractivity contribution is 5.71. The van der Waals surface area contributed by atoms with E-state index in [1.165, 1.54) is 17.7 Å². The highest BCUT2D eigenvalue weighted by atomic mass is 19.1. The van der Waals surface area contributed by atoms with Crippen molar-refractivity contribution in [1.29, 1.82) is 0 Å². The predicted molar refractivity (Wildman–Crippen MR) is 91.5 cm³/mol. The Kier molecular flexibility index (Phi) is 5.26. The Labute approximate surface area is 141 Å². The number of hydrogen-bond donors (Lipinski definition) is 1. The Morgan fingerprint density at radius 1 is 1.12 bits per heavy atom. The first-order valence-corrected chi connectivity index (χ1v) is 8.38. The number of nitrogens with zero attached hydrogens (tertiary/aromatic N) is 1. The summed E-state index contributed by atoms with van der Waals surface area (Å²) in [5.74, 6) is -1.54. The van der Waals surface area contributed by atoms with Gasteiger partial charge < -0.3 is 10.0 Å². The van der Waals surface area contributed by atoms with Crippen molar-refractivity contribution in [3.8, 4) is 0 Å². The maximum Gasteiger partial charge on any atom is 0.307 e. The van der Waals surface area contributed by atoms with Gasteiger partial charge in [-0.1, -0.05) is 42.5 Å². The highest BCUT2D eigenvalue weighted by Gasteiger charge is 2.34. The molecule has 4 heteroatoms. The molecule has 1 aliphatic heterocycles. The molecule has 2 atom stereocenters. The molecule has 0 radical (unpaired) electrons. The normalized spacial score (nSPS) is 21.5. The molecule has 0 aliphatic carbocycles. The van der Waals surface area contributed by atoms with Crippen molar-refractivity contribution in [2.45, 2.75) is 18.8 Å². The summed E-state index contributed by atoms with van der Waals surface area (Å²) >= 11 is 0. The summed E-state index contributed by atoms with van der Waals surface area (Å²) in [6.07, 6.45) is 1.58. The molecule has 0 amide bonds. The van der Waals surface area contributed by atoms with Crippen LogP contribution in [-0.4, -0.2) is 35.6 Å². The Morgan fingerprint density at radius 2 is 1.83 bits per heavy atom. The van der Waals surface area contributed by atoms with Crippen LogP contribution in [0.15, 0.2) is 54.6 Å². The van der Waals surface area contributed by atoms with Crippen LogP contribution in [0.4, 0.5) is 4.39 Å². The topological polar surface area (TPSA) is 40.5 Å². The molecule has 1 aliphatic rings. The monoisotopic (exact) mass is 327 g/mol. The van der Waals surface area contributed by atoms with E-state index in [4.69, 9.17) is 0 Å². The second kappa shape index (κ2) is 7.58. The minimum Gasteiger partial charge on any atom is -0.481 e. The van der Waals surface area contributed by atoms with Gasteiger partial charge in [-0.15, -0.1) is 0 Å². The van der Waals surface area contributed by atoms with Gasteiger partial charge in [-0.25, -0.2) is 4.39 Å². The molecule has 0 spiro atoms. The second-order valence-corrected chi connectivity index (χ2v) is 6.43. The summed E-state index contributed by atoms with van der Waals surface area (Å²) in [5.41, 5.74) is 2.20. The number of hydrogen-bond acceptors (Lipinski definition) is 2. The molecule has 0 aromatic heterocycles. The van der Waals surface area contributed by atoms with Crippen LogP contribution in [-0.2, 0) is 11.2 Å². The molecule has 0 bridgehead atoms. The summed E-state index contributed by atoms with van der Waals surface area (Å²) < 4.78 is 13.2. The van der Waals surface area contributed by atoms with Crippen LogP contribution >= 0.6 is 0 Å². The summed E-state index contributed by atoms with van der Waals surface area (Å²) in [5, 5.41) is 9.53. The number of carboxylic acid groups (broad SMARTS) is 1. The Hall–Kier alpha value is -2.20. The minimum atomic E-state index is -0.757. The second-order valence-electron chi connectivity index (χ2n) is 6.43. The van der Waals surface area contributed by atoms with E-state index >= 15 is 0 Å². The van der Waals surface area contributed by atoms with Crippen molar-refractivity contribution >= 4 is 5.97 Å². The van der Waals surface area contributed by atoms with E-state index < -0.39 is 11.9 Å². The van der Waals surface area contributed by atoms with Gasteiger partial charge in [-0.2, -0.15) is 0 Å². The van der Waals surface area contributed by atoms with Crippen LogP contribution in [0.5, 0.6) is 0 Å². The van der Waals surface area contributed by atoms with E-state index in [0.29, 0.717) is 13.0 Å². The molecule has 1 saturated heterocycles. The molecule has 2 aromatic rings. The fraction of sp³-hybridized carbons (Fsp3) is 0.350. The van der Waals surface area contributed by atoms with E-state index in [2.05, 4.69) is 17.0 Å². The van der Waals surface area contributed by atoms with Gasteiger partial charge in [-0.05, 0) is 42.6 Å². The molecule has 2 aromatic carbocycles. The number of piperidine rings is 1. The number of carbonyl (C=O) groups is 1. The van der Waals surface area contributed by atoms with Crippen molar-refractivity contribution in [2.24, 2.45) is 5.92 Å². The molecule has 3 rings (SSSR count). The molecule has 24 heavy (non-hydrogen) atoms. The molecular weight excluding hydrogens is 305 g/mol. The van der Waals surface area contributed by atoms with Crippen LogP contribution in [0.1, 0.15) is 23.5 Å². The van der Waals surface area contributed by atoms with Crippen LogP contribution in [0, 0.1) is 11.7 Å². The lowest BCUT2D eigenvalue weighted by Gasteiger charge is -2.37. The molecule has 1 N–H and O–H groups in total. The van der Waals surface area contributed by atoms with Gasteiger partial charge in [0.05, 0.1) is 5.92 Å². The van der Waals surface area contributed by atoms with Gasteiger partial charge in [-0.3, -0.25) is 4.79 Å². The van der Waals surface area contributed by atoms with Crippen LogP contribution in [0.3, 0.4) is 0 Å². The Morgan fingerprint density at radius 3 is 2.50 bits per heavy atom. The Balaban J connectivity index is 1.69. The number of likely N-dealkylation sites (tertiary alicyclic amines) is 1. The lowest BCUT2D eigenvalue weighted by atomic mass is 9.80. The zero-order chi connectivity index (χ0) is 16.9. The average Bonchev–Trinajstić information content (AvgIpc) is 2.61. The quantitative estimate of drug-likeness (QED) is 0.913. The van der Waals surface area contributed by atoms with Crippen molar-refractivity contribution < 1.29 is 14.3 Å². The fourth-order valence-corrected chi connectivity index (χ4v) is 3.50. The van der Waals surface area contributed by atoms with Crippen molar-refractivity contribution in [3.63, 3.8) is 0 Å². The lowest BCUT2D eigenvalue weighted by Crippen LogP contribution is -2.42. The third-order valence-electron chi connectivity index (χ3n) is 4.87. The van der Waals surface area contributed by atoms with Gasteiger partial charge in [0, 0.05) is 19.0 Å². The molecular formula is C20H22FNO2. The summed E-state index contributed by atoms with van der Waals surface area (Å²) in [6, 6.07) is 16.6. The van der Waals surface area contributed by atoms with Gasteiger partial charge in [0.1, 0.15) is 5.82 Å². The molecule has 1 heterocycles. The van der Waals surface area contributed by atoms with Gasteiger partial charge in [0.15, 0.2) is 0 Å².